The molecule has 0 spiro atoms. The van der Waals surface area contributed by atoms with Gasteiger partial charge < -0.3 is 4.98 Å². The molecule has 0 amide bonds. The molecule has 0 N–H and O–H groups in total. The molecule has 3 aromatic rings. The van der Waals surface area contributed by atoms with Gasteiger partial charge in [-0.1, -0.05) is 36.0 Å². The summed E-state index contributed by atoms with van der Waals surface area (Å²) in [5, 5.41) is 2.30. The Hall–Kier alpha value is -1.50. The van der Waals surface area contributed by atoms with Gasteiger partial charge in [0.15, 0.2) is 0 Å². The van der Waals surface area contributed by atoms with E-state index in [1.165, 1.54) is 5.39 Å². The first-order valence-electron chi connectivity index (χ1n) is 5.18. The zero-order valence-electron chi connectivity index (χ0n) is 8.98. The van der Waals surface area contributed by atoms with E-state index in [1.54, 1.807) is 0 Å². The number of fused-ring (bicyclic) bond motifs is 1. The van der Waals surface area contributed by atoms with E-state index in [-0.39, 0.29) is 20.1 Å². The summed E-state index contributed by atoms with van der Waals surface area (Å²) in [6, 6.07) is 19.3. The maximum Gasteiger partial charge on any atom is 0 e. The number of rotatable bonds is 1. The molecule has 0 saturated heterocycles. The third-order valence-corrected chi connectivity index (χ3v) is 2.59. The van der Waals surface area contributed by atoms with Crippen molar-refractivity contribution in [3.63, 3.8) is 0 Å². The van der Waals surface area contributed by atoms with Crippen LogP contribution in [-0.4, -0.2) is 4.98 Å². The monoisotopic (exact) mass is 396 g/mol. The summed E-state index contributed by atoms with van der Waals surface area (Å²) in [7, 11) is 0. The van der Waals surface area contributed by atoms with Gasteiger partial charge in [0.25, 0.3) is 0 Å². The van der Waals surface area contributed by atoms with Crippen molar-refractivity contribution in [2.45, 2.75) is 0 Å². The predicted molar refractivity (Wildman–Crippen MR) is 64.9 cm³/mol. The molecule has 17 heavy (non-hydrogen) atoms. The normalized spacial score (nSPS) is 9.88. The molecular formula is C15H9IrN-2. The fourth-order valence-corrected chi connectivity index (χ4v) is 1.82. The molecule has 0 atom stereocenters. The second-order valence-electron chi connectivity index (χ2n) is 3.61. The smallest absolute Gasteiger partial charge is 0 e. The van der Waals surface area contributed by atoms with Gasteiger partial charge in [0, 0.05) is 20.1 Å². The average Bonchev–Trinajstić information content (AvgIpc) is 2.39. The predicted octanol–water partition coefficient (Wildman–Crippen LogP) is 3.50. The molecule has 1 nitrogen and oxygen atoms in total. The van der Waals surface area contributed by atoms with Crippen LogP contribution in [0.4, 0.5) is 0 Å². The number of pyridine rings is 1. The largest absolute Gasteiger partial charge is 0.370 e. The second-order valence-corrected chi connectivity index (χ2v) is 3.61. The SMILES string of the molecule is [Ir].[c-]1ccccc1-c1[c-]ncc2ccccc12. The summed E-state index contributed by atoms with van der Waals surface area (Å²) in [4.78, 5) is 4.14. The van der Waals surface area contributed by atoms with Crippen molar-refractivity contribution in [1.82, 2.24) is 4.98 Å². The molecule has 3 rings (SSSR count). The Bertz CT molecular complexity index is 615. The number of aromatic nitrogens is 1. The maximum atomic E-state index is 4.14. The van der Waals surface area contributed by atoms with Crippen molar-refractivity contribution in [2.24, 2.45) is 0 Å². The van der Waals surface area contributed by atoms with Crippen LogP contribution in [0.1, 0.15) is 0 Å². The number of benzene rings is 2. The molecule has 1 radical (unpaired) electrons. The van der Waals surface area contributed by atoms with Gasteiger partial charge in [-0.05, 0) is 0 Å². The molecule has 0 aliphatic carbocycles. The van der Waals surface area contributed by atoms with E-state index >= 15 is 0 Å². The molecule has 1 heterocycles. The van der Waals surface area contributed by atoms with E-state index in [0.29, 0.717) is 0 Å². The first-order valence-corrected chi connectivity index (χ1v) is 5.18. The van der Waals surface area contributed by atoms with Gasteiger partial charge in [0.1, 0.15) is 0 Å². The zero-order chi connectivity index (χ0) is 10.8. The Kier molecular flexibility index (Phi) is 3.68. The molecule has 0 aliphatic heterocycles. The summed E-state index contributed by atoms with van der Waals surface area (Å²) in [6.07, 6.45) is 4.88. The summed E-state index contributed by atoms with van der Waals surface area (Å²) < 4.78 is 0. The molecule has 0 saturated carbocycles. The van der Waals surface area contributed by atoms with Crippen molar-refractivity contribution in [1.29, 1.82) is 0 Å². The Labute approximate surface area is 114 Å². The standard InChI is InChI=1S/C15H9N.Ir/c1-2-6-12(7-3-1)15-11-16-10-13-8-4-5-9-14(13)15;/h1-6,8-10H;/q-2;. The minimum Gasteiger partial charge on any atom is -0.370 e. The number of hydrogen-bond acceptors (Lipinski definition) is 1. The summed E-state index contributed by atoms with van der Waals surface area (Å²) >= 11 is 0. The Morgan fingerprint density at radius 2 is 1.76 bits per heavy atom. The fourth-order valence-electron chi connectivity index (χ4n) is 1.82. The molecule has 0 fully saturated rings. The van der Waals surface area contributed by atoms with Crippen LogP contribution in [0.15, 0.2) is 54.7 Å². The van der Waals surface area contributed by atoms with Crippen molar-refractivity contribution in [2.75, 3.05) is 0 Å². The average molecular weight is 395 g/mol. The van der Waals surface area contributed by atoms with Gasteiger partial charge in [-0.2, -0.15) is 29.8 Å². The van der Waals surface area contributed by atoms with Crippen LogP contribution in [-0.2, 0) is 20.1 Å². The van der Waals surface area contributed by atoms with E-state index in [0.717, 1.165) is 16.5 Å². The Balaban J connectivity index is 0.00000108. The van der Waals surface area contributed by atoms with Crippen LogP contribution in [0.2, 0.25) is 0 Å². The van der Waals surface area contributed by atoms with Gasteiger partial charge in [-0.3, -0.25) is 0 Å². The summed E-state index contributed by atoms with van der Waals surface area (Å²) in [5.41, 5.74) is 2.05. The van der Waals surface area contributed by atoms with Crippen molar-refractivity contribution < 1.29 is 20.1 Å². The quantitative estimate of drug-likeness (QED) is 0.575. The van der Waals surface area contributed by atoms with Crippen molar-refractivity contribution >= 4 is 10.8 Å². The van der Waals surface area contributed by atoms with Crippen LogP contribution >= 0.6 is 0 Å². The fraction of sp³-hybridized carbons (Fsp3) is 0. The van der Waals surface area contributed by atoms with Crippen molar-refractivity contribution in [3.8, 4) is 11.1 Å². The topological polar surface area (TPSA) is 12.9 Å². The summed E-state index contributed by atoms with van der Waals surface area (Å²) in [6.45, 7) is 0. The minimum absolute atomic E-state index is 0. The first kappa shape index (κ1) is 12.0. The van der Waals surface area contributed by atoms with Crippen LogP contribution in [0.5, 0.6) is 0 Å². The van der Waals surface area contributed by atoms with Gasteiger partial charge in [-0.15, -0.1) is 17.5 Å². The van der Waals surface area contributed by atoms with Gasteiger partial charge in [0.2, 0.25) is 0 Å². The van der Waals surface area contributed by atoms with E-state index in [4.69, 9.17) is 0 Å². The minimum atomic E-state index is 0. The molecule has 0 aliphatic rings. The van der Waals surface area contributed by atoms with Crippen LogP contribution in [0.3, 0.4) is 0 Å². The zero-order valence-corrected chi connectivity index (χ0v) is 11.4. The molecule has 2 aromatic carbocycles. The van der Waals surface area contributed by atoms with E-state index in [9.17, 15) is 0 Å². The molecular weight excluding hydrogens is 386 g/mol. The Morgan fingerprint density at radius 3 is 2.59 bits per heavy atom. The van der Waals surface area contributed by atoms with Crippen molar-refractivity contribution in [3.05, 3.63) is 67.0 Å². The first-order chi connectivity index (χ1) is 7.95. The molecule has 85 valence electrons. The number of nitrogens with zero attached hydrogens (tertiary/aromatic N) is 1. The van der Waals surface area contributed by atoms with Gasteiger partial charge in [0.05, 0.1) is 0 Å². The molecule has 1 aromatic heterocycles. The Morgan fingerprint density at radius 1 is 0.941 bits per heavy atom. The van der Waals surface area contributed by atoms with Crippen LogP contribution < -0.4 is 0 Å². The second kappa shape index (κ2) is 5.22. The summed E-state index contributed by atoms with van der Waals surface area (Å²) in [5.74, 6) is 0. The van der Waals surface area contributed by atoms with Gasteiger partial charge in [-0.25, -0.2) is 5.56 Å². The van der Waals surface area contributed by atoms with E-state index in [2.05, 4.69) is 29.4 Å². The van der Waals surface area contributed by atoms with E-state index < -0.39 is 0 Å². The molecule has 0 unspecified atom stereocenters. The van der Waals surface area contributed by atoms with Crippen LogP contribution in [0, 0.1) is 12.3 Å². The van der Waals surface area contributed by atoms with Gasteiger partial charge >= 0.3 is 0 Å². The third-order valence-electron chi connectivity index (χ3n) is 2.59. The molecule has 0 bridgehead atoms. The van der Waals surface area contributed by atoms with Crippen LogP contribution in [0.25, 0.3) is 21.9 Å². The number of hydrogen-bond donors (Lipinski definition) is 0. The third kappa shape index (κ3) is 2.28. The molecule has 2 heteroatoms. The van der Waals surface area contributed by atoms with E-state index in [1.807, 2.05) is 42.6 Å². The maximum absolute atomic E-state index is 4.14.